The van der Waals surface area contributed by atoms with Crippen LogP contribution in [0.1, 0.15) is 43.7 Å². The number of aliphatic imine (C=N–C) groups is 1. The predicted molar refractivity (Wildman–Crippen MR) is 100 cm³/mol. The van der Waals surface area contributed by atoms with Crippen LogP contribution in [-0.2, 0) is 7.05 Å². The van der Waals surface area contributed by atoms with Crippen LogP contribution in [0.2, 0.25) is 0 Å². The van der Waals surface area contributed by atoms with Crippen molar-refractivity contribution in [1.82, 2.24) is 25.3 Å². The highest BCUT2D eigenvalue weighted by Crippen LogP contribution is 2.19. The topological polar surface area (TPSA) is 57.5 Å². The first kappa shape index (κ1) is 18.5. The molecule has 1 aromatic rings. The van der Waals surface area contributed by atoms with Gasteiger partial charge in [0, 0.05) is 38.9 Å². The lowest BCUT2D eigenvalue weighted by atomic mass is 9.97. The Morgan fingerprint density at radius 3 is 2.79 bits per heavy atom. The average Bonchev–Trinajstić information content (AvgIpc) is 3.00. The van der Waals surface area contributed by atoms with Gasteiger partial charge >= 0.3 is 0 Å². The van der Waals surface area contributed by atoms with Crippen molar-refractivity contribution in [2.24, 2.45) is 12.0 Å². The second-order valence-corrected chi connectivity index (χ2v) is 6.66. The van der Waals surface area contributed by atoms with Crippen molar-refractivity contribution in [3.8, 4) is 0 Å². The van der Waals surface area contributed by atoms with Gasteiger partial charge in [-0.25, -0.2) is 0 Å². The number of allylic oxidation sites excluding steroid dienone is 1. The van der Waals surface area contributed by atoms with Gasteiger partial charge in [0.25, 0.3) is 0 Å². The van der Waals surface area contributed by atoms with E-state index in [0.717, 1.165) is 25.5 Å². The van der Waals surface area contributed by atoms with E-state index in [0.29, 0.717) is 0 Å². The standard InChI is InChI=1S/C18H32N6/c1-19-18(20-11-10-15-8-6-5-7-9-15)21-13-17(23(2)3)16-12-22-24(4)14-16/h8,12,14,17H,5-7,9-11,13H2,1-4H3,(H2,19,20,21). The van der Waals surface area contributed by atoms with E-state index in [2.05, 4.69) is 52.0 Å². The molecule has 1 aliphatic rings. The number of nitrogens with zero attached hydrogens (tertiary/aromatic N) is 4. The smallest absolute Gasteiger partial charge is 0.191 e. The zero-order valence-electron chi connectivity index (χ0n) is 15.5. The van der Waals surface area contributed by atoms with Gasteiger partial charge in [-0.15, -0.1) is 0 Å². The molecule has 0 aromatic carbocycles. The van der Waals surface area contributed by atoms with Crippen molar-refractivity contribution in [3.05, 3.63) is 29.6 Å². The molecule has 134 valence electrons. The Bertz CT molecular complexity index is 558. The van der Waals surface area contributed by atoms with Crippen LogP contribution >= 0.6 is 0 Å². The Kier molecular flexibility index (Phi) is 7.31. The van der Waals surface area contributed by atoms with Gasteiger partial charge in [0.05, 0.1) is 12.2 Å². The molecule has 1 aromatic heterocycles. The third kappa shape index (κ3) is 5.67. The molecule has 2 rings (SSSR count). The highest BCUT2D eigenvalue weighted by molar-refractivity contribution is 5.79. The van der Waals surface area contributed by atoms with E-state index >= 15 is 0 Å². The third-order valence-electron chi connectivity index (χ3n) is 4.54. The average molecular weight is 332 g/mol. The molecular formula is C18H32N6. The first-order chi connectivity index (χ1) is 11.6. The molecule has 1 atom stereocenters. The van der Waals surface area contributed by atoms with Crippen molar-refractivity contribution in [1.29, 1.82) is 0 Å². The van der Waals surface area contributed by atoms with Crippen LogP contribution in [-0.4, -0.2) is 54.9 Å². The first-order valence-electron chi connectivity index (χ1n) is 8.87. The fourth-order valence-corrected chi connectivity index (χ4v) is 3.10. The number of nitrogens with one attached hydrogen (secondary N) is 2. The van der Waals surface area contributed by atoms with Gasteiger partial charge in [-0.2, -0.15) is 5.10 Å². The van der Waals surface area contributed by atoms with Crippen LogP contribution in [0.15, 0.2) is 29.0 Å². The molecule has 6 heteroatoms. The first-order valence-corrected chi connectivity index (χ1v) is 8.87. The molecule has 1 unspecified atom stereocenters. The molecule has 0 saturated carbocycles. The maximum absolute atomic E-state index is 4.34. The molecule has 1 heterocycles. The van der Waals surface area contributed by atoms with E-state index < -0.39 is 0 Å². The number of hydrogen-bond acceptors (Lipinski definition) is 3. The zero-order valence-corrected chi connectivity index (χ0v) is 15.5. The van der Waals surface area contributed by atoms with Crippen molar-refractivity contribution in [2.75, 3.05) is 34.2 Å². The summed E-state index contributed by atoms with van der Waals surface area (Å²) >= 11 is 0. The normalized spacial score (nSPS) is 16.9. The van der Waals surface area contributed by atoms with Crippen molar-refractivity contribution >= 4 is 5.96 Å². The molecule has 0 fully saturated rings. The molecule has 24 heavy (non-hydrogen) atoms. The van der Waals surface area contributed by atoms with Crippen molar-refractivity contribution in [3.63, 3.8) is 0 Å². The molecular weight excluding hydrogens is 300 g/mol. The number of aryl methyl sites for hydroxylation is 1. The van der Waals surface area contributed by atoms with E-state index in [4.69, 9.17) is 0 Å². The third-order valence-corrected chi connectivity index (χ3v) is 4.54. The summed E-state index contributed by atoms with van der Waals surface area (Å²) in [5.74, 6) is 0.863. The van der Waals surface area contributed by atoms with Crippen molar-refractivity contribution in [2.45, 2.75) is 38.1 Å². The molecule has 2 N–H and O–H groups in total. The van der Waals surface area contributed by atoms with Gasteiger partial charge in [0.2, 0.25) is 0 Å². The largest absolute Gasteiger partial charge is 0.356 e. The van der Waals surface area contributed by atoms with Crippen LogP contribution in [0.5, 0.6) is 0 Å². The summed E-state index contributed by atoms with van der Waals surface area (Å²) in [5.41, 5.74) is 2.79. The van der Waals surface area contributed by atoms with Gasteiger partial charge in [-0.3, -0.25) is 9.67 Å². The van der Waals surface area contributed by atoms with Gasteiger partial charge in [0.1, 0.15) is 0 Å². The fraction of sp³-hybridized carbons (Fsp3) is 0.667. The van der Waals surface area contributed by atoms with E-state index in [-0.39, 0.29) is 6.04 Å². The number of likely N-dealkylation sites (N-methyl/N-ethyl adjacent to an activating group) is 1. The second-order valence-electron chi connectivity index (χ2n) is 6.66. The predicted octanol–water partition coefficient (Wildman–Crippen LogP) is 2.08. The number of hydrogen-bond donors (Lipinski definition) is 2. The summed E-state index contributed by atoms with van der Waals surface area (Å²) in [6.07, 6.45) is 12.7. The van der Waals surface area contributed by atoms with Crippen LogP contribution in [0.4, 0.5) is 0 Å². The Balaban J connectivity index is 1.79. The van der Waals surface area contributed by atoms with Crippen LogP contribution < -0.4 is 10.6 Å². The second kappa shape index (κ2) is 9.47. The van der Waals surface area contributed by atoms with E-state index in [9.17, 15) is 0 Å². The van der Waals surface area contributed by atoms with Crippen molar-refractivity contribution < 1.29 is 0 Å². The van der Waals surface area contributed by atoms with Gasteiger partial charge in [-0.1, -0.05) is 11.6 Å². The zero-order chi connectivity index (χ0) is 17.4. The van der Waals surface area contributed by atoms with E-state index in [1.807, 2.05) is 25.0 Å². The molecule has 6 nitrogen and oxygen atoms in total. The summed E-state index contributed by atoms with van der Waals surface area (Å²) in [6, 6.07) is 0.262. The Hall–Kier alpha value is -1.82. The monoisotopic (exact) mass is 332 g/mol. The summed E-state index contributed by atoms with van der Waals surface area (Å²) in [4.78, 5) is 6.54. The molecule has 0 aliphatic heterocycles. The quantitative estimate of drug-likeness (QED) is 0.456. The molecule has 0 radical (unpaired) electrons. The Morgan fingerprint density at radius 2 is 2.21 bits per heavy atom. The maximum atomic E-state index is 4.34. The molecule has 0 amide bonds. The minimum Gasteiger partial charge on any atom is -0.356 e. The van der Waals surface area contributed by atoms with Gasteiger partial charge < -0.3 is 15.5 Å². The molecule has 0 saturated heterocycles. The van der Waals surface area contributed by atoms with E-state index in [1.54, 1.807) is 5.57 Å². The minimum atomic E-state index is 0.262. The Morgan fingerprint density at radius 1 is 1.38 bits per heavy atom. The Labute approximate surface area is 146 Å². The maximum Gasteiger partial charge on any atom is 0.191 e. The number of rotatable bonds is 7. The van der Waals surface area contributed by atoms with E-state index in [1.165, 1.54) is 31.2 Å². The van der Waals surface area contributed by atoms with Crippen LogP contribution in [0.25, 0.3) is 0 Å². The summed E-state index contributed by atoms with van der Waals surface area (Å²) in [6.45, 7) is 1.73. The lowest BCUT2D eigenvalue weighted by Crippen LogP contribution is -2.42. The summed E-state index contributed by atoms with van der Waals surface area (Å²) < 4.78 is 1.84. The molecule has 0 spiro atoms. The van der Waals surface area contributed by atoms with Crippen LogP contribution in [0, 0.1) is 0 Å². The fourth-order valence-electron chi connectivity index (χ4n) is 3.10. The minimum absolute atomic E-state index is 0.262. The van der Waals surface area contributed by atoms with Gasteiger partial charge in [-0.05, 0) is 46.2 Å². The summed E-state index contributed by atoms with van der Waals surface area (Å²) in [7, 11) is 7.95. The van der Waals surface area contributed by atoms with Crippen LogP contribution in [0.3, 0.4) is 0 Å². The molecule has 1 aliphatic carbocycles. The summed E-state index contributed by atoms with van der Waals surface area (Å²) in [5, 5.41) is 11.1. The number of guanidine groups is 1. The van der Waals surface area contributed by atoms with Gasteiger partial charge in [0.15, 0.2) is 5.96 Å². The number of aromatic nitrogens is 2. The lowest BCUT2D eigenvalue weighted by molar-refractivity contribution is 0.298. The highest BCUT2D eigenvalue weighted by Gasteiger charge is 2.16. The highest BCUT2D eigenvalue weighted by atomic mass is 15.3. The SMILES string of the molecule is CN=C(NCCC1=CCCCC1)NCC(c1cnn(C)c1)N(C)C. The molecule has 0 bridgehead atoms. The lowest BCUT2D eigenvalue weighted by Gasteiger charge is -2.24.